The lowest BCUT2D eigenvalue weighted by molar-refractivity contribution is -0.115. The van der Waals surface area contributed by atoms with E-state index in [2.05, 4.69) is 26.2 Å². The van der Waals surface area contributed by atoms with Crippen molar-refractivity contribution >= 4 is 33.7 Å². The van der Waals surface area contributed by atoms with Crippen molar-refractivity contribution in [3.63, 3.8) is 0 Å². The average molecular weight is 385 g/mol. The SMILES string of the molecule is COc1cccc(CCC2=N/C(=C/c3cccc(Br)c3)C(=O)N2)c1. The molecule has 0 atom stereocenters. The lowest BCUT2D eigenvalue weighted by Crippen LogP contribution is -2.24. The average Bonchev–Trinajstić information content (AvgIpc) is 2.93. The molecule has 122 valence electrons. The van der Waals surface area contributed by atoms with Gasteiger partial charge in [-0.15, -0.1) is 0 Å². The highest BCUT2D eigenvalue weighted by Gasteiger charge is 2.19. The molecule has 1 amide bonds. The quantitative estimate of drug-likeness (QED) is 0.793. The van der Waals surface area contributed by atoms with E-state index in [1.165, 1.54) is 0 Å². The maximum absolute atomic E-state index is 12.1. The van der Waals surface area contributed by atoms with Crippen LogP contribution in [0.15, 0.2) is 63.7 Å². The molecule has 0 unspecified atom stereocenters. The first-order valence-electron chi connectivity index (χ1n) is 7.63. The first-order valence-corrected chi connectivity index (χ1v) is 8.42. The Balaban J connectivity index is 1.70. The van der Waals surface area contributed by atoms with Crippen molar-refractivity contribution in [3.05, 3.63) is 69.8 Å². The van der Waals surface area contributed by atoms with E-state index in [1.807, 2.05) is 48.5 Å². The summed E-state index contributed by atoms with van der Waals surface area (Å²) in [6.07, 6.45) is 3.26. The molecule has 0 bridgehead atoms. The number of aryl methyl sites for hydroxylation is 1. The number of carbonyl (C=O) groups is 1. The van der Waals surface area contributed by atoms with E-state index >= 15 is 0 Å². The largest absolute Gasteiger partial charge is 0.497 e. The van der Waals surface area contributed by atoms with Crippen LogP contribution >= 0.6 is 15.9 Å². The van der Waals surface area contributed by atoms with Gasteiger partial charge in [0.25, 0.3) is 5.91 Å². The van der Waals surface area contributed by atoms with Gasteiger partial charge in [-0.1, -0.05) is 40.2 Å². The van der Waals surface area contributed by atoms with Gasteiger partial charge in [-0.2, -0.15) is 0 Å². The molecule has 3 rings (SSSR count). The van der Waals surface area contributed by atoms with Gasteiger partial charge in [-0.3, -0.25) is 4.79 Å². The summed E-state index contributed by atoms with van der Waals surface area (Å²) in [4.78, 5) is 16.5. The molecule has 0 radical (unpaired) electrons. The van der Waals surface area contributed by atoms with Gasteiger partial charge in [0.2, 0.25) is 0 Å². The summed E-state index contributed by atoms with van der Waals surface area (Å²) in [5, 5.41) is 2.84. The van der Waals surface area contributed by atoms with Gasteiger partial charge >= 0.3 is 0 Å². The number of hydrogen-bond donors (Lipinski definition) is 1. The summed E-state index contributed by atoms with van der Waals surface area (Å²) >= 11 is 3.43. The molecule has 24 heavy (non-hydrogen) atoms. The molecule has 1 aliphatic heterocycles. The number of amides is 1. The molecule has 1 aliphatic rings. The van der Waals surface area contributed by atoms with Gasteiger partial charge in [0.15, 0.2) is 0 Å². The summed E-state index contributed by atoms with van der Waals surface area (Å²) in [5.74, 6) is 1.37. The molecule has 0 aliphatic carbocycles. The van der Waals surface area contributed by atoms with Crippen LogP contribution in [0.5, 0.6) is 5.75 Å². The van der Waals surface area contributed by atoms with Gasteiger partial charge in [-0.05, 0) is 47.9 Å². The Morgan fingerprint density at radius 1 is 1.17 bits per heavy atom. The molecule has 2 aromatic rings. The van der Waals surface area contributed by atoms with E-state index in [9.17, 15) is 4.79 Å². The van der Waals surface area contributed by atoms with E-state index in [-0.39, 0.29) is 5.91 Å². The number of amidine groups is 1. The van der Waals surface area contributed by atoms with Crippen molar-refractivity contribution in [2.24, 2.45) is 4.99 Å². The van der Waals surface area contributed by atoms with Crippen molar-refractivity contribution in [1.82, 2.24) is 5.32 Å². The highest BCUT2D eigenvalue weighted by Crippen LogP contribution is 2.18. The summed E-state index contributed by atoms with van der Waals surface area (Å²) in [6.45, 7) is 0. The smallest absolute Gasteiger partial charge is 0.275 e. The highest BCUT2D eigenvalue weighted by molar-refractivity contribution is 9.10. The van der Waals surface area contributed by atoms with Gasteiger partial charge in [0, 0.05) is 10.9 Å². The minimum absolute atomic E-state index is 0.157. The molecule has 1 N–H and O–H groups in total. The number of ether oxygens (including phenoxy) is 1. The molecule has 2 aromatic carbocycles. The Kier molecular flexibility index (Phi) is 5.11. The number of methoxy groups -OCH3 is 1. The number of nitrogens with zero attached hydrogens (tertiary/aromatic N) is 1. The van der Waals surface area contributed by atoms with Crippen LogP contribution in [0.4, 0.5) is 0 Å². The number of hydrogen-bond acceptors (Lipinski definition) is 3. The van der Waals surface area contributed by atoms with Gasteiger partial charge in [0.05, 0.1) is 7.11 Å². The Hall–Kier alpha value is -2.40. The van der Waals surface area contributed by atoms with Crippen molar-refractivity contribution in [1.29, 1.82) is 0 Å². The van der Waals surface area contributed by atoms with E-state index in [1.54, 1.807) is 13.2 Å². The second-order valence-electron chi connectivity index (χ2n) is 5.45. The molecule has 0 fully saturated rings. The fourth-order valence-electron chi connectivity index (χ4n) is 2.48. The van der Waals surface area contributed by atoms with Gasteiger partial charge < -0.3 is 10.1 Å². The third-order valence-electron chi connectivity index (χ3n) is 3.68. The number of nitrogens with one attached hydrogen (secondary N) is 1. The first kappa shape index (κ1) is 16.5. The van der Waals surface area contributed by atoms with Crippen LogP contribution in [-0.2, 0) is 11.2 Å². The van der Waals surface area contributed by atoms with Crippen LogP contribution in [0.2, 0.25) is 0 Å². The number of carbonyl (C=O) groups excluding carboxylic acids is 1. The maximum atomic E-state index is 12.1. The number of benzene rings is 2. The summed E-state index contributed by atoms with van der Waals surface area (Å²) in [6, 6.07) is 15.7. The van der Waals surface area contributed by atoms with E-state index < -0.39 is 0 Å². The lowest BCUT2D eigenvalue weighted by atomic mass is 10.1. The number of aliphatic imine (C=N–C) groups is 1. The zero-order chi connectivity index (χ0) is 16.9. The topological polar surface area (TPSA) is 50.7 Å². The minimum atomic E-state index is -0.157. The highest BCUT2D eigenvalue weighted by atomic mass is 79.9. The van der Waals surface area contributed by atoms with E-state index in [0.717, 1.165) is 27.8 Å². The molecule has 0 spiro atoms. The van der Waals surface area contributed by atoms with Crippen LogP contribution < -0.4 is 10.1 Å². The van der Waals surface area contributed by atoms with Crippen LogP contribution in [-0.4, -0.2) is 18.9 Å². The molecular formula is C19H17BrN2O2. The Morgan fingerprint density at radius 2 is 2.00 bits per heavy atom. The number of rotatable bonds is 5. The number of halogens is 1. The predicted octanol–water partition coefficient (Wildman–Crippen LogP) is 3.96. The van der Waals surface area contributed by atoms with Crippen molar-refractivity contribution in [2.45, 2.75) is 12.8 Å². The molecule has 5 heteroatoms. The third kappa shape index (κ3) is 4.11. The van der Waals surface area contributed by atoms with Crippen LogP contribution in [0, 0.1) is 0 Å². The predicted molar refractivity (Wildman–Crippen MR) is 99.0 cm³/mol. The maximum Gasteiger partial charge on any atom is 0.275 e. The molecule has 1 heterocycles. The zero-order valence-electron chi connectivity index (χ0n) is 13.3. The molecular weight excluding hydrogens is 368 g/mol. The third-order valence-corrected chi connectivity index (χ3v) is 4.18. The standard InChI is InChI=1S/C19H17BrN2O2/c1-24-16-7-3-4-13(11-16)8-9-18-21-17(19(23)22-18)12-14-5-2-6-15(20)10-14/h2-7,10-12H,8-9H2,1H3,(H,21,22,23)/b17-12+. The fraction of sp³-hybridized carbons (Fsp3) is 0.158. The molecule has 0 aromatic heterocycles. The molecule has 0 saturated carbocycles. The van der Waals surface area contributed by atoms with Gasteiger partial charge in [0.1, 0.15) is 17.3 Å². The molecule has 0 saturated heterocycles. The van der Waals surface area contributed by atoms with Crippen molar-refractivity contribution in [2.75, 3.05) is 7.11 Å². The van der Waals surface area contributed by atoms with Crippen LogP contribution in [0.1, 0.15) is 17.5 Å². The second-order valence-corrected chi connectivity index (χ2v) is 6.36. The second kappa shape index (κ2) is 7.45. The van der Waals surface area contributed by atoms with Crippen molar-refractivity contribution < 1.29 is 9.53 Å². The van der Waals surface area contributed by atoms with Gasteiger partial charge in [-0.25, -0.2) is 4.99 Å². The normalized spacial score (nSPS) is 15.3. The van der Waals surface area contributed by atoms with Crippen LogP contribution in [0.25, 0.3) is 6.08 Å². The minimum Gasteiger partial charge on any atom is -0.497 e. The Morgan fingerprint density at radius 3 is 2.79 bits per heavy atom. The summed E-state index contributed by atoms with van der Waals surface area (Å²) in [5.41, 5.74) is 2.52. The van der Waals surface area contributed by atoms with Crippen molar-refractivity contribution in [3.8, 4) is 5.75 Å². The van der Waals surface area contributed by atoms with E-state index in [4.69, 9.17) is 4.74 Å². The fourth-order valence-corrected chi connectivity index (χ4v) is 2.90. The Bertz CT molecular complexity index is 828. The molecule has 4 nitrogen and oxygen atoms in total. The monoisotopic (exact) mass is 384 g/mol. The summed E-state index contributed by atoms with van der Waals surface area (Å²) in [7, 11) is 1.65. The first-order chi connectivity index (χ1) is 11.6. The van der Waals surface area contributed by atoms with E-state index in [0.29, 0.717) is 18.0 Å². The van der Waals surface area contributed by atoms with Crippen LogP contribution in [0.3, 0.4) is 0 Å². The Labute approximate surface area is 149 Å². The lowest BCUT2D eigenvalue weighted by Gasteiger charge is -2.04. The zero-order valence-corrected chi connectivity index (χ0v) is 14.8. The summed E-state index contributed by atoms with van der Waals surface area (Å²) < 4.78 is 6.19.